The van der Waals surface area contributed by atoms with Gasteiger partial charge in [0.1, 0.15) is 0 Å². The highest BCUT2D eigenvalue weighted by Gasteiger charge is 2.15. The van der Waals surface area contributed by atoms with Crippen molar-refractivity contribution in [3.05, 3.63) is 0 Å². The maximum atomic E-state index is 5.52. The van der Waals surface area contributed by atoms with Gasteiger partial charge in [-0.1, -0.05) is 0 Å². The Morgan fingerprint density at radius 1 is 1.13 bits per heavy atom. The van der Waals surface area contributed by atoms with Gasteiger partial charge in [0, 0.05) is 39.5 Å². The van der Waals surface area contributed by atoms with Crippen molar-refractivity contribution in [3.63, 3.8) is 0 Å². The van der Waals surface area contributed by atoms with Crippen LogP contribution in [0.2, 0.25) is 0 Å². The van der Waals surface area contributed by atoms with E-state index in [0.717, 1.165) is 39.3 Å². The van der Waals surface area contributed by atoms with Crippen LogP contribution in [0.5, 0.6) is 0 Å². The second-order valence-corrected chi connectivity index (χ2v) is 3.61. The molecule has 1 fully saturated rings. The van der Waals surface area contributed by atoms with Gasteiger partial charge in [0.25, 0.3) is 0 Å². The van der Waals surface area contributed by atoms with Crippen LogP contribution >= 0.6 is 0 Å². The second-order valence-electron chi connectivity index (χ2n) is 3.61. The molecule has 4 heteroatoms. The first kappa shape index (κ1) is 12.9. The molecule has 0 aromatic heterocycles. The van der Waals surface area contributed by atoms with E-state index in [9.17, 15) is 0 Å². The molecular weight excluding hydrogens is 194 g/mol. The van der Waals surface area contributed by atoms with Crippen LogP contribution in [0, 0.1) is 0 Å². The van der Waals surface area contributed by atoms with Crippen molar-refractivity contribution in [1.82, 2.24) is 4.90 Å². The van der Waals surface area contributed by atoms with Crippen molar-refractivity contribution >= 4 is 0 Å². The summed E-state index contributed by atoms with van der Waals surface area (Å²) in [5.74, 6) is 0. The number of ether oxygens (including phenoxy) is 3. The number of nitrogens with zero attached hydrogens (tertiary/aromatic N) is 1. The third-order valence-corrected chi connectivity index (χ3v) is 2.43. The molecule has 90 valence electrons. The summed E-state index contributed by atoms with van der Waals surface area (Å²) < 4.78 is 16.4. The van der Waals surface area contributed by atoms with Gasteiger partial charge in [-0.05, 0) is 20.3 Å². The molecule has 15 heavy (non-hydrogen) atoms. The van der Waals surface area contributed by atoms with Gasteiger partial charge in [0.15, 0.2) is 6.29 Å². The molecule has 1 aliphatic rings. The molecule has 0 atom stereocenters. The summed E-state index contributed by atoms with van der Waals surface area (Å²) in [6, 6.07) is 0. The summed E-state index contributed by atoms with van der Waals surface area (Å²) in [5.41, 5.74) is 0. The summed E-state index contributed by atoms with van der Waals surface area (Å²) in [5, 5.41) is 0. The van der Waals surface area contributed by atoms with E-state index in [1.807, 2.05) is 13.8 Å². The second kappa shape index (κ2) is 8.05. The predicted octanol–water partition coefficient (Wildman–Crippen LogP) is 1.11. The molecule has 1 aliphatic heterocycles. The average Bonchev–Trinajstić information content (AvgIpc) is 2.47. The highest BCUT2D eigenvalue weighted by Crippen LogP contribution is 2.04. The largest absolute Gasteiger partial charge is 0.380 e. The van der Waals surface area contributed by atoms with E-state index >= 15 is 0 Å². The molecule has 1 saturated heterocycles. The molecule has 4 nitrogen and oxygen atoms in total. The van der Waals surface area contributed by atoms with Gasteiger partial charge in [-0.2, -0.15) is 0 Å². The minimum Gasteiger partial charge on any atom is -0.380 e. The Kier molecular flexibility index (Phi) is 6.92. The van der Waals surface area contributed by atoms with Crippen molar-refractivity contribution in [2.24, 2.45) is 0 Å². The Morgan fingerprint density at radius 3 is 2.53 bits per heavy atom. The van der Waals surface area contributed by atoms with Gasteiger partial charge in [0.2, 0.25) is 0 Å². The Morgan fingerprint density at radius 2 is 1.87 bits per heavy atom. The molecular formula is C11H23NO3. The maximum absolute atomic E-state index is 5.52. The van der Waals surface area contributed by atoms with Crippen molar-refractivity contribution in [1.29, 1.82) is 0 Å². The monoisotopic (exact) mass is 217 g/mol. The summed E-state index contributed by atoms with van der Waals surface area (Å²) in [6.07, 6.45) is 1.02. The third-order valence-electron chi connectivity index (χ3n) is 2.43. The lowest BCUT2D eigenvalue weighted by molar-refractivity contribution is -0.147. The molecule has 0 spiro atoms. The molecule has 0 unspecified atom stereocenters. The normalized spacial score (nSPS) is 19.4. The summed E-state index contributed by atoms with van der Waals surface area (Å²) >= 11 is 0. The van der Waals surface area contributed by atoms with Gasteiger partial charge in [-0.3, -0.25) is 4.90 Å². The lowest BCUT2D eigenvalue weighted by Crippen LogP contribution is -2.37. The molecule has 0 aromatic rings. The molecule has 0 saturated carbocycles. The first-order valence-electron chi connectivity index (χ1n) is 5.90. The summed E-state index contributed by atoms with van der Waals surface area (Å²) in [4.78, 5) is 2.35. The molecule has 1 rings (SSSR count). The fourth-order valence-electron chi connectivity index (χ4n) is 1.72. The molecule has 0 aliphatic carbocycles. The van der Waals surface area contributed by atoms with Crippen LogP contribution in [0.3, 0.4) is 0 Å². The number of hydrogen-bond donors (Lipinski definition) is 0. The molecule has 0 N–H and O–H groups in total. The summed E-state index contributed by atoms with van der Waals surface area (Å²) in [7, 11) is 0. The van der Waals surface area contributed by atoms with E-state index in [0.29, 0.717) is 13.2 Å². The van der Waals surface area contributed by atoms with E-state index in [1.54, 1.807) is 0 Å². The smallest absolute Gasteiger partial charge is 0.170 e. The topological polar surface area (TPSA) is 30.9 Å². The lowest BCUT2D eigenvalue weighted by atomic mass is 10.4. The van der Waals surface area contributed by atoms with E-state index in [-0.39, 0.29) is 6.29 Å². The zero-order valence-corrected chi connectivity index (χ0v) is 9.91. The molecule has 0 radical (unpaired) electrons. The van der Waals surface area contributed by atoms with E-state index in [2.05, 4.69) is 4.90 Å². The Labute approximate surface area is 92.5 Å². The van der Waals surface area contributed by atoms with Gasteiger partial charge < -0.3 is 14.2 Å². The van der Waals surface area contributed by atoms with E-state index in [4.69, 9.17) is 14.2 Å². The quantitative estimate of drug-likeness (QED) is 0.624. The van der Waals surface area contributed by atoms with Crippen molar-refractivity contribution in [2.45, 2.75) is 26.6 Å². The van der Waals surface area contributed by atoms with Crippen LogP contribution in [0.15, 0.2) is 0 Å². The number of rotatable bonds is 6. The first-order valence-corrected chi connectivity index (χ1v) is 5.90. The van der Waals surface area contributed by atoms with E-state index < -0.39 is 0 Å². The van der Waals surface area contributed by atoms with Crippen LogP contribution in [0.4, 0.5) is 0 Å². The van der Waals surface area contributed by atoms with Crippen LogP contribution in [0.1, 0.15) is 20.3 Å². The maximum Gasteiger partial charge on any atom is 0.170 e. The van der Waals surface area contributed by atoms with Crippen molar-refractivity contribution in [2.75, 3.05) is 46.1 Å². The molecule has 0 aromatic carbocycles. The van der Waals surface area contributed by atoms with Crippen LogP contribution in [-0.4, -0.2) is 57.3 Å². The van der Waals surface area contributed by atoms with Gasteiger partial charge in [-0.25, -0.2) is 0 Å². The predicted molar refractivity (Wildman–Crippen MR) is 58.9 cm³/mol. The van der Waals surface area contributed by atoms with Crippen LogP contribution < -0.4 is 0 Å². The van der Waals surface area contributed by atoms with Crippen LogP contribution in [-0.2, 0) is 14.2 Å². The lowest BCUT2D eigenvalue weighted by Gasteiger charge is -2.25. The summed E-state index contributed by atoms with van der Waals surface area (Å²) in [6.45, 7) is 10.0. The fraction of sp³-hybridized carbons (Fsp3) is 1.00. The van der Waals surface area contributed by atoms with Crippen molar-refractivity contribution < 1.29 is 14.2 Å². The molecule has 1 heterocycles. The highest BCUT2D eigenvalue weighted by atomic mass is 16.7. The molecule has 0 amide bonds. The first-order chi connectivity index (χ1) is 7.36. The fourth-order valence-corrected chi connectivity index (χ4v) is 1.72. The van der Waals surface area contributed by atoms with Gasteiger partial charge >= 0.3 is 0 Å². The Balaban J connectivity index is 2.27. The standard InChI is InChI=1S/C11H23NO3/c1-3-14-11(15-4-2)10-12-6-5-8-13-9-7-12/h11H,3-10H2,1-2H3. The van der Waals surface area contributed by atoms with Crippen LogP contribution in [0.25, 0.3) is 0 Å². The Bertz CT molecular complexity index is 141. The zero-order valence-electron chi connectivity index (χ0n) is 9.91. The highest BCUT2D eigenvalue weighted by molar-refractivity contribution is 4.63. The average molecular weight is 217 g/mol. The minimum atomic E-state index is -0.0851. The minimum absolute atomic E-state index is 0.0851. The SMILES string of the molecule is CCOC(CN1CCCOCC1)OCC. The zero-order chi connectivity index (χ0) is 10.9. The van der Waals surface area contributed by atoms with Crippen molar-refractivity contribution in [3.8, 4) is 0 Å². The van der Waals surface area contributed by atoms with E-state index in [1.165, 1.54) is 0 Å². The van der Waals surface area contributed by atoms with Gasteiger partial charge in [0.05, 0.1) is 6.61 Å². The third kappa shape index (κ3) is 5.47. The molecule has 0 bridgehead atoms. The number of hydrogen-bond acceptors (Lipinski definition) is 4. The van der Waals surface area contributed by atoms with Gasteiger partial charge in [-0.15, -0.1) is 0 Å². The Hall–Kier alpha value is -0.160.